The summed E-state index contributed by atoms with van der Waals surface area (Å²) in [6.07, 6.45) is 3.31. The standard InChI is InChI=1S/C11H15ClN4O2/c12-9-4-7(5-14-10(9)16-13)11(17)15-8-2-1-3-18-6-8/h4-5,8H,1-3,6,13H2,(H,14,16)(H,15,17). The van der Waals surface area contributed by atoms with Crippen molar-refractivity contribution < 1.29 is 9.53 Å². The Hall–Kier alpha value is -1.37. The zero-order valence-corrected chi connectivity index (χ0v) is 10.5. The number of carbonyl (C=O) groups is 1. The first kappa shape index (κ1) is 13.1. The highest BCUT2D eigenvalue weighted by Crippen LogP contribution is 2.19. The molecule has 1 fully saturated rings. The molecule has 4 N–H and O–H groups in total. The van der Waals surface area contributed by atoms with Crippen molar-refractivity contribution in [2.75, 3.05) is 18.6 Å². The summed E-state index contributed by atoms with van der Waals surface area (Å²) < 4.78 is 5.30. The van der Waals surface area contributed by atoms with Gasteiger partial charge in [0.25, 0.3) is 5.91 Å². The Morgan fingerprint density at radius 2 is 2.44 bits per heavy atom. The molecule has 6 nitrogen and oxygen atoms in total. The van der Waals surface area contributed by atoms with E-state index in [-0.39, 0.29) is 11.9 Å². The van der Waals surface area contributed by atoms with Crippen LogP contribution in [0.25, 0.3) is 0 Å². The number of nitrogens with one attached hydrogen (secondary N) is 2. The van der Waals surface area contributed by atoms with Gasteiger partial charge in [-0.05, 0) is 18.9 Å². The molecule has 1 aliphatic rings. The normalized spacial score (nSPS) is 19.3. The number of aromatic nitrogens is 1. The van der Waals surface area contributed by atoms with Crippen LogP contribution in [0.1, 0.15) is 23.2 Å². The smallest absolute Gasteiger partial charge is 0.253 e. The largest absolute Gasteiger partial charge is 0.379 e. The van der Waals surface area contributed by atoms with E-state index in [2.05, 4.69) is 15.7 Å². The first-order chi connectivity index (χ1) is 8.70. The lowest BCUT2D eigenvalue weighted by Gasteiger charge is -2.23. The van der Waals surface area contributed by atoms with Crippen LogP contribution in [0.3, 0.4) is 0 Å². The minimum atomic E-state index is -0.205. The van der Waals surface area contributed by atoms with Gasteiger partial charge >= 0.3 is 0 Å². The number of amides is 1. The van der Waals surface area contributed by atoms with Crippen LogP contribution in [-0.2, 0) is 4.74 Å². The Labute approximate surface area is 110 Å². The summed E-state index contributed by atoms with van der Waals surface area (Å²) in [5.74, 6) is 5.35. The van der Waals surface area contributed by atoms with Crippen molar-refractivity contribution in [3.05, 3.63) is 22.8 Å². The highest BCUT2D eigenvalue weighted by Gasteiger charge is 2.17. The molecular formula is C11H15ClN4O2. The number of anilines is 1. The SMILES string of the molecule is NNc1ncc(C(=O)NC2CCCOC2)cc1Cl. The molecule has 18 heavy (non-hydrogen) atoms. The zero-order chi connectivity index (χ0) is 13.0. The van der Waals surface area contributed by atoms with E-state index in [0.717, 1.165) is 19.4 Å². The molecule has 2 heterocycles. The minimum absolute atomic E-state index is 0.0531. The van der Waals surface area contributed by atoms with E-state index in [9.17, 15) is 4.79 Å². The van der Waals surface area contributed by atoms with Crippen molar-refractivity contribution in [2.24, 2.45) is 5.84 Å². The van der Waals surface area contributed by atoms with Crippen LogP contribution in [0.5, 0.6) is 0 Å². The van der Waals surface area contributed by atoms with Crippen LogP contribution in [-0.4, -0.2) is 30.1 Å². The Bertz CT molecular complexity index is 435. The average molecular weight is 271 g/mol. The molecule has 1 aromatic heterocycles. The molecule has 0 bridgehead atoms. The van der Waals surface area contributed by atoms with Gasteiger partial charge in [-0.3, -0.25) is 4.79 Å². The van der Waals surface area contributed by atoms with Gasteiger partial charge in [0.05, 0.1) is 23.2 Å². The number of nitrogen functional groups attached to an aromatic ring is 1. The summed E-state index contributed by atoms with van der Waals surface area (Å²) in [7, 11) is 0. The van der Waals surface area contributed by atoms with Gasteiger partial charge in [-0.2, -0.15) is 0 Å². The number of halogens is 1. The molecule has 1 unspecified atom stereocenters. The number of ether oxygens (including phenoxy) is 1. The maximum atomic E-state index is 11.9. The third kappa shape index (κ3) is 3.10. The van der Waals surface area contributed by atoms with Gasteiger partial charge in [0.15, 0.2) is 5.82 Å². The van der Waals surface area contributed by atoms with E-state index in [4.69, 9.17) is 22.2 Å². The number of hydrazine groups is 1. The Morgan fingerprint density at radius 3 is 3.06 bits per heavy atom. The summed E-state index contributed by atoms with van der Waals surface area (Å²) in [5.41, 5.74) is 2.76. The number of hydrogen-bond donors (Lipinski definition) is 3. The molecule has 2 rings (SSSR count). The van der Waals surface area contributed by atoms with Crippen molar-refractivity contribution in [3.8, 4) is 0 Å². The average Bonchev–Trinajstić information content (AvgIpc) is 2.39. The quantitative estimate of drug-likeness (QED) is 0.562. The second-order valence-corrected chi connectivity index (χ2v) is 4.49. The van der Waals surface area contributed by atoms with Gasteiger partial charge < -0.3 is 15.5 Å². The second kappa shape index (κ2) is 5.99. The van der Waals surface area contributed by atoms with Crippen LogP contribution in [0.4, 0.5) is 5.82 Å². The molecule has 7 heteroatoms. The van der Waals surface area contributed by atoms with Gasteiger partial charge in [0.1, 0.15) is 0 Å². The lowest BCUT2D eigenvalue weighted by Crippen LogP contribution is -2.40. The molecule has 0 aromatic carbocycles. The molecule has 0 spiro atoms. The molecule has 1 aromatic rings. The first-order valence-corrected chi connectivity index (χ1v) is 6.09. The van der Waals surface area contributed by atoms with E-state index in [1.165, 1.54) is 12.3 Å². The summed E-state index contributed by atoms with van der Waals surface area (Å²) >= 11 is 5.91. The Balaban J connectivity index is 2.01. The Kier molecular flexibility index (Phi) is 4.35. The minimum Gasteiger partial charge on any atom is -0.379 e. The Morgan fingerprint density at radius 1 is 1.61 bits per heavy atom. The first-order valence-electron chi connectivity index (χ1n) is 5.71. The van der Waals surface area contributed by atoms with Crippen molar-refractivity contribution in [2.45, 2.75) is 18.9 Å². The van der Waals surface area contributed by atoms with Gasteiger partial charge in [-0.1, -0.05) is 11.6 Å². The van der Waals surface area contributed by atoms with E-state index in [1.807, 2.05) is 0 Å². The molecule has 0 saturated carbocycles. The summed E-state index contributed by atoms with van der Waals surface area (Å²) in [6, 6.07) is 1.58. The number of rotatable bonds is 3. The second-order valence-electron chi connectivity index (χ2n) is 4.09. The van der Waals surface area contributed by atoms with Crippen LogP contribution in [0.15, 0.2) is 12.3 Å². The van der Waals surface area contributed by atoms with Crippen molar-refractivity contribution in [1.29, 1.82) is 0 Å². The topological polar surface area (TPSA) is 89.3 Å². The summed E-state index contributed by atoms with van der Waals surface area (Å²) in [5, 5.41) is 3.20. The van der Waals surface area contributed by atoms with Gasteiger partial charge in [0, 0.05) is 12.8 Å². The number of nitrogens with two attached hydrogens (primary N) is 1. The van der Waals surface area contributed by atoms with E-state index in [1.54, 1.807) is 0 Å². The lowest BCUT2D eigenvalue weighted by molar-refractivity contribution is 0.0624. The van der Waals surface area contributed by atoms with Gasteiger partial charge in [-0.15, -0.1) is 0 Å². The zero-order valence-electron chi connectivity index (χ0n) is 9.78. The fourth-order valence-electron chi connectivity index (χ4n) is 1.79. The summed E-state index contributed by atoms with van der Waals surface area (Å²) in [6.45, 7) is 1.31. The third-order valence-electron chi connectivity index (χ3n) is 2.74. The van der Waals surface area contributed by atoms with E-state index >= 15 is 0 Å². The van der Waals surface area contributed by atoms with Crippen molar-refractivity contribution >= 4 is 23.3 Å². The molecule has 1 aliphatic heterocycles. The predicted molar refractivity (Wildman–Crippen MR) is 68.4 cm³/mol. The van der Waals surface area contributed by atoms with Gasteiger partial charge in [0.2, 0.25) is 0 Å². The number of pyridine rings is 1. The van der Waals surface area contributed by atoms with E-state index in [0.29, 0.717) is 23.0 Å². The molecule has 1 amide bonds. The predicted octanol–water partition coefficient (Wildman–Crippen LogP) is 0.929. The maximum absolute atomic E-state index is 11.9. The van der Waals surface area contributed by atoms with Crippen LogP contribution >= 0.6 is 11.6 Å². The molecule has 1 saturated heterocycles. The molecule has 0 aliphatic carbocycles. The third-order valence-corrected chi connectivity index (χ3v) is 3.02. The van der Waals surface area contributed by atoms with Gasteiger partial charge in [-0.25, -0.2) is 10.8 Å². The van der Waals surface area contributed by atoms with Crippen molar-refractivity contribution in [1.82, 2.24) is 10.3 Å². The molecule has 98 valence electrons. The monoisotopic (exact) mass is 270 g/mol. The highest BCUT2D eigenvalue weighted by molar-refractivity contribution is 6.33. The van der Waals surface area contributed by atoms with Crippen LogP contribution in [0.2, 0.25) is 5.02 Å². The molecule has 1 atom stereocenters. The van der Waals surface area contributed by atoms with E-state index < -0.39 is 0 Å². The summed E-state index contributed by atoms with van der Waals surface area (Å²) in [4.78, 5) is 15.9. The van der Waals surface area contributed by atoms with Crippen LogP contribution in [0, 0.1) is 0 Å². The highest BCUT2D eigenvalue weighted by atomic mass is 35.5. The molecule has 0 radical (unpaired) electrons. The number of nitrogens with zero attached hydrogens (tertiary/aromatic N) is 1. The van der Waals surface area contributed by atoms with Crippen molar-refractivity contribution in [3.63, 3.8) is 0 Å². The number of hydrogen-bond acceptors (Lipinski definition) is 5. The lowest BCUT2D eigenvalue weighted by atomic mass is 10.1. The van der Waals surface area contributed by atoms with Crippen LogP contribution < -0.4 is 16.6 Å². The maximum Gasteiger partial charge on any atom is 0.253 e. The molecular weight excluding hydrogens is 256 g/mol. The fraction of sp³-hybridized carbons (Fsp3) is 0.455. The number of carbonyl (C=O) groups excluding carboxylic acids is 1. The fourth-order valence-corrected chi connectivity index (χ4v) is 2.01.